The van der Waals surface area contributed by atoms with Crippen LogP contribution in [0, 0.1) is 12.7 Å². The van der Waals surface area contributed by atoms with Crippen LogP contribution in [-0.4, -0.2) is 24.0 Å². The Morgan fingerprint density at radius 1 is 0.973 bits per heavy atom. The van der Waals surface area contributed by atoms with Gasteiger partial charge in [0.15, 0.2) is 11.6 Å². The number of halogens is 1. The zero-order valence-corrected chi connectivity index (χ0v) is 20.1. The number of anilines is 5. The Kier molecular flexibility index (Phi) is 6.34. The quantitative estimate of drug-likeness (QED) is 0.200. The van der Waals surface area contributed by atoms with Crippen molar-refractivity contribution in [3.8, 4) is 5.75 Å². The van der Waals surface area contributed by atoms with Gasteiger partial charge in [-0.1, -0.05) is 18.2 Å². The van der Waals surface area contributed by atoms with Crippen LogP contribution < -0.4 is 26.0 Å². The van der Waals surface area contributed by atoms with Gasteiger partial charge < -0.3 is 31.0 Å². The van der Waals surface area contributed by atoms with E-state index in [1.165, 1.54) is 19.2 Å². The molecule has 0 saturated carbocycles. The number of ether oxygens (including phenoxy) is 1. The number of fused-ring (bicyclic) bond motifs is 1. The molecule has 0 aliphatic carbocycles. The minimum atomic E-state index is -0.652. The average molecular weight is 498 g/mol. The van der Waals surface area contributed by atoms with Crippen LogP contribution in [0.15, 0.2) is 72.9 Å². The fraction of sp³-hybridized carbons (Fsp3) is 0.0714. The molecular weight excluding hydrogens is 473 g/mol. The second kappa shape index (κ2) is 9.90. The molecule has 8 nitrogen and oxygen atoms in total. The number of aromatic amines is 1. The molecule has 0 saturated heterocycles. The van der Waals surface area contributed by atoms with Gasteiger partial charge in [0.25, 0.3) is 5.91 Å². The number of aryl methyl sites for hydroxylation is 1. The number of rotatable bonds is 6. The van der Waals surface area contributed by atoms with E-state index in [2.05, 4.69) is 26.3 Å². The summed E-state index contributed by atoms with van der Waals surface area (Å²) in [7, 11) is 1.36. The molecule has 0 fully saturated rings. The molecule has 186 valence electrons. The molecule has 4 aromatic rings. The third-order valence-corrected chi connectivity index (χ3v) is 5.93. The van der Waals surface area contributed by atoms with Crippen molar-refractivity contribution in [1.82, 2.24) is 4.98 Å². The molecule has 2 heterocycles. The van der Waals surface area contributed by atoms with Gasteiger partial charge in [-0.3, -0.25) is 4.79 Å². The van der Waals surface area contributed by atoms with Crippen LogP contribution in [0.25, 0.3) is 11.6 Å². The van der Waals surface area contributed by atoms with E-state index in [9.17, 15) is 14.0 Å². The first kappa shape index (κ1) is 23.7. The first-order valence-corrected chi connectivity index (χ1v) is 11.5. The Labute approximate surface area is 212 Å². The lowest BCUT2D eigenvalue weighted by Crippen LogP contribution is -2.20. The largest absolute Gasteiger partial charge is 0.494 e. The molecule has 5 N–H and O–H groups in total. The SMILES string of the molecule is COc1cccc(NC(=O)Nc2ccc(C)c(Nc3ccc4c(c3)NC(=O)/C4=C\c3ccc[nH]3)c2)c1F. The zero-order valence-electron chi connectivity index (χ0n) is 20.1. The van der Waals surface area contributed by atoms with Crippen LogP contribution in [0.5, 0.6) is 5.75 Å². The highest BCUT2D eigenvalue weighted by Crippen LogP contribution is 2.36. The summed E-state index contributed by atoms with van der Waals surface area (Å²) >= 11 is 0. The number of methoxy groups -OCH3 is 1. The molecule has 5 rings (SSSR count). The molecule has 0 bridgehead atoms. The number of carbonyl (C=O) groups excluding carboxylic acids is 2. The molecule has 0 unspecified atom stereocenters. The van der Waals surface area contributed by atoms with Crippen molar-refractivity contribution in [1.29, 1.82) is 0 Å². The first-order valence-electron chi connectivity index (χ1n) is 11.5. The van der Waals surface area contributed by atoms with Gasteiger partial charge in [-0.2, -0.15) is 0 Å². The van der Waals surface area contributed by atoms with E-state index < -0.39 is 11.8 Å². The molecule has 1 aliphatic heterocycles. The van der Waals surface area contributed by atoms with Crippen molar-refractivity contribution >= 4 is 52.0 Å². The van der Waals surface area contributed by atoms with Gasteiger partial charge in [0, 0.05) is 34.5 Å². The van der Waals surface area contributed by atoms with E-state index >= 15 is 0 Å². The maximum Gasteiger partial charge on any atom is 0.323 e. The van der Waals surface area contributed by atoms with Gasteiger partial charge in [-0.05, 0) is 67.1 Å². The number of benzene rings is 3. The van der Waals surface area contributed by atoms with E-state index in [0.29, 0.717) is 16.9 Å². The Bertz CT molecular complexity index is 1530. The fourth-order valence-electron chi connectivity index (χ4n) is 4.04. The van der Waals surface area contributed by atoms with Crippen molar-refractivity contribution in [2.24, 2.45) is 0 Å². The van der Waals surface area contributed by atoms with Crippen LogP contribution >= 0.6 is 0 Å². The molecule has 1 aromatic heterocycles. The van der Waals surface area contributed by atoms with Gasteiger partial charge in [0.05, 0.1) is 24.1 Å². The summed E-state index contributed by atoms with van der Waals surface area (Å²) in [4.78, 5) is 28.1. The minimum Gasteiger partial charge on any atom is -0.494 e. The second-order valence-electron chi connectivity index (χ2n) is 8.45. The summed E-state index contributed by atoms with van der Waals surface area (Å²) in [5.74, 6) is -0.777. The van der Waals surface area contributed by atoms with Crippen LogP contribution in [0.2, 0.25) is 0 Å². The van der Waals surface area contributed by atoms with Crippen molar-refractivity contribution in [2.45, 2.75) is 6.92 Å². The van der Waals surface area contributed by atoms with Crippen molar-refractivity contribution in [3.05, 3.63) is 95.6 Å². The summed E-state index contributed by atoms with van der Waals surface area (Å²) in [6.45, 7) is 1.93. The minimum absolute atomic E-state index is 0.00665. The Balaban J connectivity index is 1.31. The lowest BCUT2D eigenvalue weighted by molar-refractivity contribution is -0.110. The van der Waals surface area contributed by atoms with Gasteiger partial charge in [0.2, 0.25) is 0 Å². The predicted molar refractivity (Wildman–Crippen MR) is 144 cm³/mol. The van der Waals surface area contributed by atoms with E-state index in [-0.39, 0.29) is 17.3 Å². The third-order valence-electron chi connectivity index (χ3n) is 5.93. The first-order chi connectivity index (χ1) is 17.9. The Morgan fingerprint density at radius 3 is 2.59 bits per heavy atom. The van der Waals surface area contributed by atoms with Crippen LogP contribution in [-0.2, 0) is 4.79 Å². The molecule has 9 heteroatoms. The monoisotopic (exact) mass is 497 g/mol. The van der Waals surface area contributed by atoms with E-state index in [1.54, 1.807) is 24.4 Å². The number of amides is 3. The van der Waals surface area contributed by atoms with Gasteiger partial charge in [-0.15, -0.1) is 0 Å². The third kappa shape index (κ3) is 5.01. The van der Waals surface area contributed by atoms with E-state index in [4.69, 9.17) is 4.74 Å². The standard InChI is InChI=1S/C28H24FN5O3/c1-16-8-9-19(32-28(36)34-22-6-3-7-25(37-2)26(22)29)14-23(16)31-18-10-11-20-21(13-17-5-4-12-30-17)27(35)33-24(20)15-18/h3-15,30-31H,1-2H3,(H,33,35)(H2,32,34,36)/b21-13-. The molecule has 1 aliphatic rings. The number of urea groups is 1. The number of H-pyrrole nitrogens is 1. The molecule has 0 radical (unpaired) electrons. The van der Waals surface area contributed by atoms with Crippen LogP contribution in [0.3, 0.4) is 0 Å². The highest BCUT2D eigenvalue weighted by Gasteiger charge is 2.24. The van der Waals surface area contributed by atoms with Gasteiger partial charge in [0.1, 0.15) is 0 Å². The molecule has 3 aromatic carbocycles. The van der Waals surface area contributed by atoms with Gasteiger partial charge in [-0.25, -0.2) is 9.18 Å². The normalized spacial score (nSPS) is 13.2. The van der Waals surface area contributed by atoms with Crippen molar-refractivity contribution in [2.75, 3.05) is 28.4 Å². The number of carbonyl (C=O) groups is 2. The zero-order chi connectivity index (χ0) is 25.9. The average Bonchev–Trinajstić information content (AvgIpc) is 3.50. The van der Waals surface area contributed by atoms with E-state index in [1.807, 2.05) is 49.4 Å². The number of hydrogen-bond acceptors (Lipinski definition) is 4. The smallest absolute Gasteiger partial charge is 0.323 e. The number of hydrogen-bond donors (Lipinski definition) is 5. The highest BCUT2D eigenvalue weighted by atomic mass is 19.1. The molecule has 0 spiro atoms. The van der Waals surface area contributed by atoms with Crippen LogP contribution in [0.4, 0.5) is 37.6 Å². The van der Waals surface area contributed by atoms with Crippen molar-refractivity contribution in [3.63, 3.8) is 0 Å². The summed E-state index contributed by atoms with van der Waals surface area (Å²) in [5, 5.41) is 11.5. The van der Waals surface area contributed by atoms with Gasteiger partial charge >= 0.3 is 6.03 Å². The van der Waals surface area contributed by atoms with E-state index in [0.717, 1.165) is 28.2 Å². The predicted octanol–water partition coefficient (Wildman–Crippen LogP) is 6.35. The summed E-state index contributed by atoms with van der Waals surface area (Å²) in [5.41, 5.74) is 5.95. The summed E-state index contributed by atoms with van der Waals surface area (Å²) in [6.07, 6.45) is 3.62. The summed E-state index contributed by atoms with van der Waals surface area (Å²) < 4.78 is 19.3. The molecular formula is C28H24FN5O3. The summed E-state index contributed by atoms with van der Waals surface area (Å²) in [6, 6.07) is 18.7. The molecule has 0 atom stereocenters. The van der Waals surface area contributed by atoms with Crippen LogP contribution in [0.1, 0.15) is 16.8 Å². The van der Waals surface area contributed by atoms with Crippen molar-refractivity contribution < 1.29 is 18.7 Å². The lowest BCUT2D eigenvalue weighted by atomic mass is 10.1. The number of aromatic nitrogens is 1. The topological polar surface area (TPSA) is 107 Å². The molecule has 3 amide bonds. The second-order valence-corrected chi connectivity index (χ2v) is 8.45. The molecule has 37 heavy (non-hydrogen) atoms. The highest BCUT2D eigenvalue weighted by molar-refractivity contribution is 6.35. The Hall–Kier alpha value is -5.05. The maximum atomic E-state index is 14.4. The Morgan fingerprint density at radius 2 is 1.81 bits per heavy atom. The number of nitrogens with one attached hydrogen (secondary N) is 5. The maximum absolute atomic E-state index is 14.4. The lowest BCUT2D eigenvalue weighted by Gasteiger charge is -2.14. The fourth-order valence-corrected chi connectivity index (χ4v) is 4.04.